The van der Waals surface area contributed by atoms with E-state index in [2.05, 4.69) is 30.6 Å². The summed E-state index contributed by atoms with van der Waals surface area (Å²) in [5, 5.41) is 9.49. The van der Waals surface area contributed by atoms with Gasteiger partial charge in [0.05, 0.1) is 12.1 Å². The maximum atomic E-state index is 13.9. The van der Waals surface area contributed by atoms with Crippen molar-refractivity contribution in [2.24, 2.45) is 0 Å². The van der Waals surface area contributed by atoms with Crippen LogP contribution in [-0.4, -0.2) is 14.5 Å². The molecule has 2 aromatic heterocycles. The molecule has 0 aliphatic rings. The topological polar surface area (TPSA) is 54.5 Å². The zero-order valence-corrected chi connectivity index (χ0v) is 17.6. The number of rotatable bonds is 4. The van der Waals surface area contributed by atoms with Gasteiger partial charge < -0.3 is 4.57 Å². The highest BCUT2D eigenvalue weighted by Gasteiger charge is 2.14. The van der Waals surface area contributed by atoms with Gasteiger partial charge in [0.15, 0.2) is 5.65 Å². The van der Waals surface area contributed by atoms with E-state index < -0.39 is 0 Å². The Kier molecular flexibility index (Phi) is 5.09. The van der Waals surface area contributed by atoms with Crippen LogP contribution < -0.4 is 0 Å². The average Bonchev–Trinajstić information content (AvgIpc) is 3.06. The van der Waals surface area contributed by atoms with Gasteiger partial charge in [0, 0.05) is 17.7 Å². The van der Waals surface area contributed by atoms with E-state index in [9.17, 15) is 9.65 Å². The minimum Gasteiger partial charge on any atom is -0.308 e. The summed E-state index contributed by atoms with van der Waals surface area (Å²) in [7, 11) is 0. The van der Waals surface area contributed by atoms with Gasteiger partial charge in [-0.25, -0.2) is 14.4 Å². The number of halogens is 1. The minimum absolute atomic E-state index is 0.333. The van der Waals surface area contributed by atoms with Crippen molar-refractivity contribution < 1.29 is 4.39 Å². The second-order valence-electron chi connectivity index (χ2n) is 7.67. The number of hydrogen-bond donors (Lipinski definition) is 0. The van der Waals surface area contributed by atoms with Crippen LogP contribution in [0.2, 0.25) is 0 Å². The number of fused-ring (bicyclic) bond motifs is 1. The average molecular weight is 398 g/mol. The predicted molar refractivity (Wildman–Crippen MR) is 117 cm³/mol. The molecule has 4 nitrogen and oxygen atoms in total. The van der Waals surface area contributed by atoms with Crippen molar-refractivity contribution in [3.63, 3.8) is 0 Å². The van der Waals surface area contributed by atoms with E-state index in [-0.39, 0.29) is 5.82 Å². The summed E-state index contributed by atoms with van der Waals surface area (Å²) in [6, 6.07) is 15.0. The SMILES string of the molecule is CCc1nc2c(C)cc(C)nc2n1Cc1ccc(-c2cc(F)cc(C)c2C#N)cc1. The van der Waals surface area contributed by atoms with Crippen molar-refractivity contribution in [3.05, 3.63) is 82.1 Å². The number of aromatic nitrogens is 3. The standard InChI is InChI=1S/C25H23FN4/c1-5-23-29-24-16(3)10-17(4)28-25(24)30(23)14-18-6-8-19(9-7-18)21-12-20(26)11-15(2)22(21)13-27/h6-12H,5,14H2,1-4H3. The fourth-order valence-corrected chi connectivity index (χ4v) is 3.98. The molecule has 0 saturated carbocycles. The van der Waals surface area contributed by atoms with Crippen molar-refractivity contribution in [2.45, 2.75) is 40.7 Å². The summed E-state index contributed by atoms with van der Waals surface area (Å²) in [5.41, 5.74) is 7.66. The molecule has 0 spiro atoms. The van der Waals surface area contributed by atoms with Crippen molar-refractivity contribution in [1.82, 2.24) is 14.5 Å². The molecule has 0 N–H and O–H groups in total. The first-order valence-electron chi connectivity index (χ1n) is 10.0. The monoisotopic (exact) mass is 398 g/mol. The Morgan fingerprint density at radius 1 is 1.00 bits per heavy atom. The third-order valence-electron chi connectivity index (χ3n) is 5.44. The molecule has 0 radical (unpaired) electrons. The quantitative estimate of drug-likeness (QED) is 0.447. The Bertz CT molecular complexity index is 1290. The smallest absolute Gasteiger partial charge is 0.160 e. The largest absolute Gasteiger partial charge is 0.308 e. The molecule has 2 aromatic carbocycles. The second-order valence-corrected chi connectivity index (χ2v) is 7.67. The zero-order chi connectivity index (χ0) is 21.4. The molecule has 5 heteroatoms. The van der Waals surface area contributed by atoms with Gasteiger partial charge >= 0.3 is 0 Å². The van der Waals surface area contributed by atoms with E-state index in [1.807, 2.05) is 31.2 Å². The van der Waals surface area contributed by atoms with Crippen LogP contribution in [0.4, 0.5) is 4.39 Å². The highest BCUT2D eigenvalue weighted by Crippen LogP contribution is 2.28. The Morgan fingerprint density at radius 2 is 1.73 bits per heavy atom. The Hall–Kier alpha value is -3.52. The Labute approximate surface area is 175 Å². The van der Waals surface area contributed by atoms with Gasteiger partial charge in [0.25, 0.3) is 0 Å². The molecular formula is C25H23FN4. The Morgan fingerprint density at radius 3 is 2.40 bits per heavy atom. The number of imidazole rings is 1. The molecule has 0 amide bonds. The molecule has 4 aromatic rings. The number of pyridine rings is 1. The van der Waals surface area contributed by atoms with Gasteiger partial charge in [-0.05, 0) is 61.2 Å². The summed E-state index contributed by atoms with van der Waals surface area (Å²) in [4.78, 5) is 9.53. The number of hydrogen-bond acceptors (Lipinski definition) is 3. The van der Waals surface area contributed by atoms with Crippen LogP contribution in [0.25, 0.3) is 22.3 Å². The molecule has 0 saturated heterocycles. The molecule has 0 unspecified atom stereocenters. The van der Waals surface area contributed by atoms with E-state index in [4.69, 9.17) is 9.97 Å². The molecule has 0 aliphatic heterocycles. The van der Waals surface area contributed by atoms with E-state index in [0.29, 0.717) is 23.2 Å². The number of nitriles is 1. The normalized spacial score (nSPS) is 11.1. The van der Waals surface area contributed by atoms with Crippen LogP contribution in [0.1, 0.15) is 40.7 Å². The number of nitrogens with zero attached hydrogens (tertiary/aromatic N) is 4. The lowest BCUT2D eigenvalue weighted by Gasteiger charge is -2.11. The molecule has 2 heterocycles. The van der Waals surface area contributed by atoms with Crippen molar-refractivity contribution in [3.8, 4) is 17.2 Å². The van der Waals surface area contributed by atoms with Crippen molar-refractivity contribution in [1.29, 1.82) is 5.26 Å². The van der Waals surface area contributed by atoms with Crippen molar-refractivity contribution in [2.75, 3.05) is 0 Å². The number of aryl methyl sites for hydroxylation is 4. The minimum atomic E-state index is -0.333. The third kappa shape index (κ3) is 3.46. The molecule has 0 fully saturated rings. The number of benzene rings is 2. The van der Waals surface area contributed by atoms with E-state index in [1.54, 1.807) is 6.92 Å². The van der Waals surface area contributed by atoms with Gasteiger partial charge in [0.1, 0.15) is 23.2 Å². The van der Waals surface area contributed by atoms with Crippen LogP contribution in [0.3, 0.4) is 0 Å². The highest BCUT2D eigenvalue weighted by atomic mass is 19.1. The Balaban J connectivity index is 1.73. The van der Waals surface area contributed by atoms with Gasteiger partial charge in [-0.3, -0.25) is 0 Å². The summed E-state index contributed by atoms with van der Waals surface area (Å²) in [6.07, 6.45) is 0.820. The van der Waals surface area contributed by atoms with Crippen LogP contribution in [-0.2, 0) is 13.0 Å². The van der Waals surface area contributed by atoms with Crippen LogP contribution in [0.5, 0.6) is 0 Å². The predicted octanol–water partition coefficient (Wildman–Crippen LogP) is 5.65. The van der Waals surface area contributed by atoms with Crippen molar-refractivity contribution >= 4 is 11.2 Å². The lowest BCUT2D eigenvalue weighted by Crippen LogP contribution is -2.05. The maximum Gasteiger partial charge on any atom is 0.160 e. The van der Waals surface area contributed by atoms with Gasteiger partial charge in [-0.2, -0.15) is 5.26 Å². The fraction of sp³-hybridized carbons (Fsp3) is 0.240. The third-order valence-corrected chi connectivity index (χ3v) is 5.44. The first-order chi connectivity index (χ1) is 14.4. The lowest BCUT2D eigenvalue weighted by atomic mass is 9.96. The van der Waals surface area contributed by atoms with E-state index in [0.717, 1.165) is 45.8 Å². The van der Waals surface area contributed by atoms with E-state index in [1.165, 1.54) is 12.1 Å². The van der Waals surface area contributed by atoms with Crippen LogP contribution in [0, 0.1) is 37.9 Å². The summed E-state index contributed by atoms with van der Waals surface area (Å²) in [5.74, 6) is 0.669. The lowest BCUT2D eigenvalue weighted by molar-refractivity contribution is 0.627. The zero-order valence-electron chi connectivity index (χ0n) is 17.6. The maximum absolute atomic E-state index is 13.9. The van der Waals surface area contributed by atoms with Crippen LogP contribution in [0.15, 0.2) is 42.5 Å². The van der Waals surface area contributed by atoms with Gasteiger partial charge in [-0.15, -0.1) is 0 Å². The summed E-state index contributed by atoms with van der Waals surface area (Å²) < 4.78 is 16.1. The summed E-state index contributed by atoms with van der Waals surface area (Å²) in [6.45, 7) is 8.57. The molecule has 0 bridgehead atoms. The van der Waals surface area contributed by atoms with Crippen LogP contribution >= 0.6 is 0 Å². The first-order valence-corrected chi connectivity index (χ1v) is 10.0. The molecular weight excluding hydrogens is 375 g/mol. The van der Waals surface area contributed by atoms with Gasteiger partial charge in [0.2, 0.25) is 0 Å². The molecule has 4 rings (SSSR count). The fourth-order valence-electron chi connectivity index (χ4n) is 3.98. The molecule has 0 aliphatic carbocycles. The molecule has 30 heavy (non-hydrogen) atoms. The molecule has 150 valence electrons. The molecule has 0 atom stereocenters. The second kappa shape index (κ2) is 7.72. The summed E-state index contributed by atoms with van der Waals surface area (Å²) >= 11 is 0. The first kappa shape index (κ1) is 19.8. The van der Waals surface area contributed by atoms with Gasteiger partial charge in [-0.1, -0.05) is 31.2 Å². The van der Waals surface area contributed by atoms with E-state index >= 15 is 0 Å². The highest BCUT2D eigenvalue weighted by molar-refractivity contribution is 5.76.